The molecule has 86 valence electrons. The van der Waals surface area contributed by atoms with Crippen LogP contribution in [-0.2, 0) is 0 Å². The summed E-state index contributed by atoms with van der Waals surface area (Å²) in [6.07, 6.45) is 1.42. The monoisotopic (exact) mass is 263 g/mol. The zero-order chi connectivity index (χ0) is 11.8. The lowest BCUT2D eigenvalue weighted by Crippen LogP contribution is -2.21. The lowest BCUT2D eigenvalue weighted by atomic mass is 10.1. The molecule has 1 nitrogen and oxygen atoms in total. The first-order chi connectivity index (χ1) is 7.47. The number of alkyl halides is 3. The minimum Gasteiger partial charge on any atom is -0.223 e. The van der Waals surface area contributed by atoms with Gasteiger partial charge in [0.2, 0.25) is 0 Å². The van der Waals surface area contributed by atoms with Gasteiger partial charge in [0.05, 0.1) is 0 Å². The average Bonchev–Trinajstić information content (AvgIpc) is 2.51. The first-order valence-corrected chi connectivity index (χ1v) is 6.49. The maximum Gasteiger partial charge on any atom is 0.341 e. The Bertz CT molecular complexity index is 421. The van der Waals surface area contributed by atoms with Crippen molar-refractivity contribution in [2.45, 2.75) is 9.71 Å². The zero-order valence-electron chi connectivity index (χ0n) is 8.28. The third-order valence-corrected chi connectivity index (χ3v) is 4.21. The van der Waals surface area contributed by atoms with Crippen LogP contribution in [0.2, 0.25) is 0 Å². The van der Waals surface area contributed by atoms with Gasteiger partial charge in [-0.05, 0) is 18.0 Å². The zero-order valence-corrected chi connectivity index (χ0v) is 9.92. The van der Waals surface area contributed by atoms with Gasteiger partial charge in [0.1, 0.15) is 5.71 Å². The highest BCUT2D eigenvalue weighted by Gasteiger charge is 2.54. The first kappa shape index (κ1) is 11.9. The van der Waals surface area contributed by atoms with Crippen LogP contribution in [0.4, 0.5) is 13.2 Å². The summed E-state index contributed by atoms with van der Waals surface area (Å²) in [6.45, 7) is 0. The number of hydrogen-bond donors (Lipinski definition) is 0. The van der Waals surface area contributed by atoms with E-state index in [-0.39, 0.29) is 17.3 Å². The van der Waals surface area contributed by atoms with E-state index in [9.17, 15) is 13.2 Å². The smallest absolute Gasteiger partial charge is 0.223 e. The van der Waals surface area contributed by atoms with E-state index < -0.39 is 15.4 Å². The summed E-state index contributed by atoms with van der Waals surface area (Å²) < 4.78 is 38.6. The number of benzene rings is 1. The van der Waals surface area contributed by atoms with Crippen molar-refractivity contribution in [1.29, 1.82) is 0 Å². The Balaban J connectivity index is 2.44. The van der Waals surface area contributed by atoms with E-state index in [0.717, 1.165) is 0 Å². The topological polar surface area (TPSA) is 12.4 Å². The van der Waals surface area contributed by atoms with Crippen LogP contribution in [0.5, 0.6) is 0 Å². The summed E-state index contributed by atoms with van der Waals surface area (Å²) in [5.41, 5.74) is -0.233. The number of rotatable bonds is 2. The number of aliphatic imine (C=N–C) groups is 1. The molecule has 0 aromatic heterocycles. The summed E-state index contributed by atoms with van der Waals surface area (Å²) in [5, 5.41) is -3.28. The van der Waals surface area contributed by atoms with Crippen LogP contribution in [0.15, 0.2) is 35.3 Å². The molecule has 0 N–H and O–H groups in total. The molecule has 1 unspecified atom stereocenters. The molecule has 6 heteroatoms. The Kier molecular flexibility index (Phi) is 2.96. The maximum atomic E-state index is 13.7. The molecule has 0 radical (unpaired) electrons. The van der Waals surface area contributed by atoms with E-state index in [0.29, 0.717) is 11.8 Å². The van der Waals surface area contributed by atoms with Crippen LogP contribution in [0.1, 0.15) is 5.56 Å². The normalized spacial score (nSPS) is 27.9. The Morgan fingerprint density at radius 2 is 1.81 bits per heavy atom. The van der Waals surface area contributed by atoms with Crippen LogP contribution in [0.25, 0.3) is 0 Å². The van der Waals surface area contributed by atoms with Gasteiger partial charge in [0.25, 0.3) is 0 Å². The molecule has 16 heavy (non-hydrogen) atoms. The molecule has 0 fully saturated rings. The molecule has 1 heterocycles. The van der Waals surface area contributed by atoms with Crippen molar-refractivity contribution in [3.8, 4) is 0 Å². The largest absolute Gasteiger partial charge is 0.341 e. The van der Waals surface area contributed by atoms with Gasteiger partial charge >= 0.3 is 9.71 Å². The van der Waals surface area contributed by atoms with Gasteiger partial charge in [-0.1, -0.05) is 42.1 Å². The van der Waals surface area contributed by atoms with Crippen LogP contribution in [-0.4, -0.2) is 21.7 Å². The summed E-state index contributed by atoms with van der Waals surface area (Å²) in [7, 11) is 0. The molecular weight excluding hydrogens is 255 g/mol. The molecule has 1 aromatic carbocycles. The SMILES string of the molecule is CSC1(F)N=C(c2ccccc2)C(F)(F)S1. The second kappa shape index (κ2) is 4.00. The van der Waals surface area contributed by atoms with Crippen molar-refractivity contribution in [3.05, 3.63) is 35.9 Å². The Hall–Kier alpha value is -0.620. The van der Waals surface area contributed by atoms with Crippen LogP contribution >= 0.6 is 23.5 Å². The van der Waals surface area contributed by atoms with Gasteiger partial charge in [0, 0.05) is 5.56 Å². The summed E-state index contributed by atoms with van der Waals surface area (Å²) >= 11 is 0.597. The summed E-state index contributed by atoms with van der Waals surface area (Å²) in [4.78, 5) is 3.49. The molecule has 2 rings (SSSR count). The molecule has 1 aliphatic heterocycles. The fourth-order valence-corrected chi connectivity index (χ4v) is 2.89. The van der Waals surface area contributed by atoms with Crippen molar-refractivity contribution in [3.63, 3.8) is 0 Å². The third-order valence-electron chi connectivity index (χ3n) is 2.07. The molecule has 1 aliphatic rings. The molecule has 1 aromatic rings. The molecule has 0 bridgehead atoms. The van der Waals surface area contributed by atoms with Crippen LogP contribution < -0.4 is 0 Å². The minimum absolute atomic E-state index is 0.0677. The lowest BCUT2D eigenvalue weighted by molar-refractivity contribution is 0.187. The Labute approximate surface area is 99.5 Å². The molecule has 0 aliphatic carbocycles. The van der Waals surface area contributed by atoms with Crippen molar-refractivity contribution in [1.82, 2.24) is 0 Å². The average molecular weight is 263 g/mol. The van der Waals surface area contributed by atoms with Gasteiger partial charge in [-0.25, -0.2) is 4.99 Å². The van der Waals surface area contributed by atoms with Gasteiger partial charge in [-0.15, -0.1) is 0 Å². The molecule has 0 amide bonds. The molecular formula is C10H8F3NS2. The highest BCUT2D eigenvalue weighted by atomic mass is 32.2. The third kappa shape index (κ3) is 2.08. The highest BCUT2D eigenvalue weighted by Crippen LogP contribution is 2.54. The lowest BCUT2D eigenvalue weighted by Gasteiger charge is -2.13. The number of nitrogens with zero attached hydrogens (tertiary/aromatic N) is 1. The standard InChI is InChI=1S/C10H8F3NS2/c1-15-10(13)14-8(9(11,12)16-10)7-5-3-2-4-6-7/h2-6H,1H3. The quantitative estimate of drug-likeness (QED) is 0.753. The van der Waals surface area contributed by atoms with E-state index in [1.165, 1.54) is 18.4 Å². The summed E-state index contributed by atoms with van der Waals surface area (Å²) in [6, 6.07) is 7.95. The van der Waals surface area contributed by atoms with Gasteiger partial charge in [-0.3, -0.25) is 0 Å². The predicted molar refractivity (Wildman–Crippen MR) is 62.9 cm³/mol. The fourth-order valence-electron chi connectivity index (χ4n) is 1.34. The van der Waals surface area contributed by atoms with Crippen LogP contribution in [0.3, 0.4) is 0 Å². The van der Waals surface area contributed by atoms with Crippen molar-refractivity contribution >= 4 is 29.2 Å². The van der Waals surface area contributed by atoms with Crippen molar-refractivity contribution < 1.29 is 13.2 Å². The maximum absolute atomic E-state index is 13.7. The number of thioether (sulfide) groups is 2. The second-order valence-corrected chi connectivity index (χ2v) is 5.62. The van der Waals surface area contributed by atoms with E-state index in [1.807, 2.05) is 0 Å². The molecule has 0 saturated heterocycles. The molecule has 1 atom stereocenters. The van der Waals surface area contributed by atoms with Crippen LogP contribution in [0, 0.1) is 0 Å². The molecule has 0 saturated carbocycles. The Morgan fingerprint density at radius 3 is 2.31 bits per heavy atom. The van der Waals surface area contributed by atoms with E-state index >= 15 is 0 Å². The Morgan fingerprint density at radius 1 is 1.19 bits per heavy atom. The number of halogens is 3. The predicted octanol–water partition coefficient (Wildman–Crippen LogP) is 3.76. The van der Waals surface area contributed by atoms with Gasteiger partial charge in [-0.2, -0.15) is 13.2 Å². The summed E-state index contributed by atoms with van der Waals surface area (Å²) in [5.74, 6) is 0. The van der Waals surface area contributed by atoms with Crippen molar-refractivity contribution in [2.75, 3.05) is 6.26 Å². The number of hydrogen-bond acceptors (Lipinski definition) is 3. The van der Waals surface area contributed by atoms with Gasteiger partial charge < -0.3 is 0 Å². The first-order valence-electron chi connectivity index (χ1n) is 4.45. The highest BCUT2D eigenvalue weighted by molar-refractivity contribution is 8.18. The minimum atomic E-state index is -3.28. The van der Waals surface area contributed by atoms with E-state index in [2.05, 4.69) is 4.99 Å². The van der Waals surface area contributed by atoms with Gasteiger partial charge in [0.15, 0.2) is 0 Å². The van der Waals surface area contributed by atoms with E-state index in [4.69, 9.17) is 0 Å². The fraction of sp³-hybridized carbons (Fsp3) is 0.300. The van der Waals surface area contributed by atoms with Crippen molar-refractivity contribution in [2.24, 2.45) is 4.99 Å². The van der Waals surface area contributed by atoms with E-state index in [1.54, 1.807) is 18.2 Å². The second-order valence-electron chi connectivity index (χ2n) is 3.15. The molecule has 0 spiro atoms.